The number of hydrogen-bond donors (Lipinski definition) is 2. The molecule has 94 valence electrons. The maximum Gasteiger partial charge on any atom is 0.133 e. The van der Waals surface area contributed by atoms with Gasteiger partial charge in [0.1, 0.15) is 16.4 Å². The third-order valence-electron chi connectivity index (χ3n) is 2.58. The summed E-state index contributed by atoms with van der Waals surface area (Å²) in [4.78, 5) is 0.387. The van der Waals surface area contributed by atoms with Gasteiger partial charge in [-0.1, -0.05) is 29.0 Å². The summed E-state index contributed by atoms with van der Waals surface area (Å²) in [6, 6.07) is 7.84. The van der Waals surface area contributed by atoms with E-state index in [-0.39, 0.29) is 0 Å². The lowest BCUT2D eigenvalue weighted by Gasteiger charge is -2.10. The van der Waals surface area contributed by atoms with E-state index in [2.05, 4.69) is 10.5 Å². The molecule has 0 aliphatic carbocycles. The van der Waals surface area contributed by atoms with Gasteiger partial charge in [-0.05, 0) is 26.0 Å². The molecule has 0 amide bonds. The molecule has 18 heavy (non-hydrogen) atoms. The fourth-order valence-electron chi connectivity index (χ4n) is 1.70. The monoisotopic (exact) mass is 261 g/mol. The quantitative estimate of drug-likeness (QED) is 0.828. The molecule has 2 rings (SSSR count). The Labute approximate surface area is 111 Å². The van der Waals surface area contributed by atoms with Crippen LogP contribution in [0, 0.1) is 13.8 Å². The molecule has 1 aromatic carbocycles. The van der Waals surface area contributed by atoms with E-state index in [1.807, 2.05) is 38.1 Å². The second kappa shape index (κ2) is 5.18. The van der Waals surface area contributed by atoms with Gasteiger partial charge >= 0.3 is 0 Å². The molecule has 0 atom stereocenters. The summed E-state index contributed by atoms with van der Waals surface area (Å²) in [5.74, 6) is 0.797. The number of aromatic nitrogens is 1. The van der Waals surface area contributed by atoms with Crippen LogP contribution in [0.5, 0.6) is 0 Å². The summed E-state index contributed by atoms with van der Waals surface area (Å²) in [6.45, 7) is 4.45. The van der Waals surface area contributed by atoms with Crippen LogP contribution >= 0.6 is 12.2 Å². The highest BCUT2D eigenvalue weighted by molar-refractivity contribution is 7.80. The van der Waals surface area contributed by atoms with Gasteiger partial charge in [0.25, 0.3) is 0 Å². The van der Waals surface area contributed by atoms with Crippen LogP contribution in [0.2, 0.25) is 0 Å². The third-order valence-corrected chi connectivity index (χ3v) is 2.80. The van der Waals surface area contributed by atoms with Crippen molar-refractivity contribution in [2.24, 2.45) is 5.73 Å². The zero-order valence-corrected chi connectivity index (χ0v) is 11.2. The van der Waals surface area contributed by atoms with Gasteiger partial charge in [-0.2, -0.15) is 0 Å². The van der Waals surface area contributed by atoms with Crippen molar-refractivity contribution in [1.29, 1.82) is 0 Å². The van der Waals surface area contributed by atoms with E-state index in [1.54, 1.807) is 0 Å². The lowest BCUT2D eigenvalue weighted by molar-refractivity contribution is 0.391. The van der Waals surface area contributed by atoms with Crippen LogP contribution in [0.4, 0.5) is 5.69 Å². The van der Waals surface area contributed by atoms with Gasteiger partial charge in [-0.3, -0.25) is 0 Å². The highest BCUT2D eigenvalue weighted by Crippen LogP contribution is 2.18. The molecule has 3 N–H and O–H groups in total. The molecule has 2 aromatic rings. The molecule has 0 spiro atoms. The van der Waals surface area contributed by atoms with Crippen molar-refractivity contribution in [2.75, 3.05) is 5.32 Å². The third kappa shape index (κ3) is 2.87. The largest absolute Gasteiger partial charge is 0.389 e. The van der Waals surface area contributed by atoms with Crippen molar-refractivity contribution in [3.8, 4) is 0 Å². The molecule has 0 aliphatic rings. The average molecular weight is 261 g/mol. The first-order valence-corrected chi connectivity index (χ1v) is 6.03. The molecule has 1 heterocycles. The lowest BCUT2D eigenvalue weighted by atomic mass is 10.1. The van der Waals surface area contributed by atoms with Gasteiger partial charge in [0.15, 0.2) is 0 Å². The van der Waals surface area contributed by atoms with E-state index in [9.17, 15) is 0 Å². The fraction of sp³-hybridized carbons (Fsp3) is 0.231. The predicted molar refractivity (Wildman–Crippen MR) is 75.6 cm³/mol. The van der Waals surface area contributed by atoms with Crippen molar-refractivity contribution in [1.82, 2.24) is 5.16 Å². The van der Waals surface area contributed by atoms with Crippen LogP contribution in [0.15, 0.2) is 28.8 Å². The Hall–Kier alpha value is -1.88. The molecule has 0 saturated heterocycles. The van der Waals surface area contributed by atoms with Crippen LogP contribution in [-0.2, 0) is 6.54 Å². The number of hydrogen-bond acceptors (Lipinski definition) is 4. The van der Waals surface area contributed by atoms with Crippen molar-refractivity contribution < 1.29 is 4.52 Å². The summed E-state index contributed by atoms with van der Waals surface area (Å²) in [5.41, 5.74) is 9.45. The molecule has 5 heteroatoms. The minimum atomic E-state index is 0.387. The first-order valence-electron chi connectivity index (χ1n) is 5.63. The molecule has 0 aliphatic heterocycles. The number of nitrogens with two attached hydrogens (primary N) is 1. The molecule has 0 unspecified atom stereocenters. The highest BCUT2D eigenvalue weighted by atomic mass is 32.1. The minimum Gasteiger partial charge on any atom is -0.389 e. The maximum atomic E-state index is 5.71. The Morgan fingerprint density at radius 1 is 1.39 bits per heavy atom. The lowest BCUT2D eigenvalue weighted by Crippen LogP contribution is -2.13. The van der Waals surface area contributed by atoms with E-state index in [1.165, 1.54) is 0 Å². The Bertz CT molecular complexity index is 577. The number of nitrogens with zero attached hydrogens (tertiary/aromatic N) is 1. The average Bonchev–Trinajstić information content (AvgIpc) is 2.73. The Kier molecular flexibility index (Phi) is 3.62. The van der Waals surface area contributed by atoms with Gasteiger partial charge in [-0.25, -0.2) is 0 Å². The van der Waals surface area contributed by atoms with Gasteiger partial charge < -0.3 is 15.6 Å². The number of anilines is 1. The summed E-state index contributed by atoms with van der Waals surface area (Å²) in [5, 5.41) is 7.18. The van der Waals surface area contributed by atoms with Crippen LogP contribution in [0.25, 0.3) is 0 Å². The van der Waals surface area contributed by atoms with E-state index >= 15 is 0 Å². The molecular weight excluding hydrogens is 246 g/mol. The standard InChI is InChI=1S/C13H15N3OS/c1-8-3-4-12(11(5-8)13(14)18)15-7-10-6-9(2)17-16-10/h3-6,15H,7H2,1-2H3,(H2,14,18). The maximum absolute atomic E-state index is 5.71. The second-order valence-corrected chi connectivity index (χ2v) is 4.64. The molecular formula is C13H15N3OS. The molecule has 0 saturated carbocycles. The zero-order chi connectivity index (χ0) is 13.1. The molecule has 0 fully saturated rings. The van der Waals surface area contributed by atoms with Crippen LogP contribution in [0.1, 0.15) is 22.6 Å². The summed E-state index contributed by atoms with van der Waals surface area (Å²) in [7, 11) is 0. The van der Waals surface area contributed by atoms with Crippen molar-refractivity contribution in [3.63, 3.8) is 0 Å². The fourth-order valence-corrected chi connectivity index (χ4v) is 1.87. The van der Waals surface area contributed by atoms with Gasteiger partial charge in [0.05, 0.1) is 6.54 Å². The van der Waals surface area contributed by atoms with Gasteiger partial charge in [-0.15, -0.1) is 0 Å². The van der Waals surface area contributed by atoms with E-state index < -0.39 is 0 Å². The Balaban J connectivity index is 2.16. The number of thiocarbonyl (C=S) groups is 1. The van der Waals surface area contributed by atoms with Crippen LogP contribution in [-0.4, -0.2) is 10.1 Å². The van der Waals surface area contributed by atoms with E-state index in [4.69, 9.17) is 22.5 Å². The summed E-state index contributed by atoms with van der Waals surface area (Å²) < 4.78 is 5.01. The minimum absolute atomic E-state index is 0.387. The van der Waals surface area contributed by atoms with Crippen molar-refractivity contribution in [2.45, 2.75) is 20.4 Å². The highest BCUT2D eigenvalue weighted by Gasteiger charge is 2.06. The van der Waals surface area contributed by atoms with Crippen LogP contribution < -0.4 is 11.1 Å². The first-order chi connectivity index (χ1) is 8.56. The van der Waals surface area contributed by atoms with Gasteiger partial charge in [0, 0.05) is 17.3 Å². The summed E-state index contributed by atoms with van der Waals surface area (Å²) in [6.07, 6.45) is 0. The SMILES string of the molecule is Cc1ccc(NCc2cc(C)on2)c(C(N)=S)c1. The van der Waals surface area contributed by atoms with Crippen molar-refractivity contribution in [3.05, 3.63) is 46.8 Å². The van der Waals surface area contributed by atoms with Gasteiger partial charge in [0.2, 0.25) is 0 Å². The molecule has 0 bridgehead atoms. The first kappa shape index (κ1) is 12.6. The number of nitrogens with one attached hydrogen (secondary N) is 1. The Morgan fingerprint density at radius 3 is 2.78 bits per heavy atom. The molecule has 0 radical (unpaired) electrons. The normalized spacial score (nSPS) is 10.3. The smallest absolute Gasteiger partial charge is 0.133 e. The number of rotatable bonds is 4. The number of aryl methyl sites for hydroxylation is 2. The number of benzene rings is 1. The Morgan fingerprint density at radius 2 is 2.17 bits per heavy atom. The van der Waals surface area contributed by atoms with Crippen molar-refractivity contribution >= 4 is 22.9 Å². The molecule has 4 nitrogen and oxygen atoms in total. The predicted octanol–water partition coefficient (Wildman–Crippen LogP) is 2.54. The van der Waals surface area contributed by atoms with E-state index in [0.717, 1.165) is 28.3 Å². The summed E-state index contributed by atoms with van der Waals surface area (Å²) >= 11 is 5.05. The molecule has 1 aromatic heterocycles. The van der Waals surface area contributed by atoms with E-state index in [0.29, 0.717) is 11.5 Å². The topological polar surface area (TPSA) is 64.1 Å². The second-order valence-electron chi connectivity index (χ2n) is 4.20. The van der Waals surface area contributed by atoms with Crippen LogP contribution in [0.3, 0.4) is 0 Å². The zero-order valence-electron chi connectivity index (χ0n) is 10.4.